The fraction of sp³-hybridized carbons (Fsp3) is 0.448. The van der Waals surface area contributed by atoms with E-state index >= 15 is 0 Å². The first-order valence-corrected chi connectivity index (χ1v) is 11.5. The van der Waals surface area contributed by atoms with Gasteiger partial charge in [-0.25, -0.2) is 0 Å². The smallest absolute Gasteiger partial charge is 0.0792 e. The zero-order valence-corrected chi connectivity index (χ0v) is 19.5. The van der Waals surface area contributed by atoms with Crippen LogP contribution < -0.4 is 0 Å². The highest BCUT2D eigenvalue weighted by molar-refractivity contribution is 5.90. The van der Waals surface area contributed by atoms with Gasteiger partial charge in [0.05, 0.1) is 6.10 Å². The van der Waals surface area contributed by atoms with Crippen molar-refractivity contribution in [1.82, 2.24) is 0 Å². The molecule has 1 unspecified atom stereocenters. The van der Waals surface area contributed by atoms with Gasteiger partial charge in [0, 0.05) is 0 Å². The highest BCUT2D eigenvalue weighted by atomic mass is 16.3. The number of aryl methyl sites for hydroxylation is 1. The molecule has 0 saturated heterocycles. The van der Waals surface area contributed by atoms with Crippen LogP contribution in [0, 0.1) is 6.92 Å². The van der Waals surface area contributed by atoms with Gasteiger partial charge in [0.15, 0.2) is 0 Å². The molecule has 1 N–H and O–H groups in total. The maximum Gasteiger partial charge on any atom is 0.0792 e. The van der Waals surface area contributed by atoms with Gasteiger partial charge in [-0.05, 0) is 87.2 Å². The van der Waals surface area contributed by atoms with Gasteiger partial charge in [-0.1, -0.05) is 83.5 Å². The molecule has 0 aromatic heterocycles. The largest absolute Gasteiger partial charge is 0.388 e. The third kappa shape index (κ3) is 3.58. The SMILES string of the molecule is CCCC(O)c1ccc2cc(-c3ccc4c(c3)C(C)(C)CCC4(C)C)ccc2c1C. The summed E-state index contributed by atoms with van der Waals surface area (Å²) in [6, 6.07) is 18.2. The number of fused-ring (bicyclic) bond motifs is 2. The van der Waals surface area contributed by atoms with E-state index in [-0.39, 0.29) is 16.9 Å². The van der Waals surface area contributed by atoms with Crippen molar-refractivity contribution in [3.63, 3.8) is 0 Å². The Morgan fingerprint density at radius 3 is 2.17 bits per heavy atom. The first-order valence-electron chi connectivity index (χ1n) is 11.5. The fourth-order valence-corrected chi connectivity index (χ4v) is 5.24. The standard InChI is InChI=1S/C29H36O/c1-7-8-27(30)24-13-10-22-17-20(9-12-23(22)19(24)2)21-11-14-25-26(18-21)29(5,6)16-15-28(25,3)4/h9-14,17-18,27,30H,7-8,15-16H2,1-6H3. The van der Waals surface area contributed by atoms with Crippen molar-refractivity contribution < 1.29 is 5.11 Å². The van der Waals surface area contributed by atoms with Gasteiger partial charge in [-0.3, -0.25) is 0 Å². The summed E-state index contributed by atoms with van der Waals surface area (Å²) in [6.07, 6.45) is 3.91. The van der Waals surface area contributed by atoms with Gasteiger partial charge in [-0.15, -0.1) is 0 Å². The molecule has 1 aliphatic rings. The molecule has 1 heteroatoms. The van der Waals surface area contributed by atoms with Gasteiger partial charge in [-0.2, -0.15) is 0 Å². The van der Waals surface area contributed by atoms with Gasteiger partial charge in [0.2, 0.25) is 0 Å². The summed E-state index contributed by atoms with van der Waals surface area (Å²) in [6.45, 7) is 13.8. The molecule has 1 nitrogen and oxygen atoms in total. The van der Waals surface area contributed by atoms with Crippen molar-refractivity contribution in [3.05, 3.63) is 70.8 Å². The first kappa shape index (κ1) is 21.1. The van der Waals surface area contributed by atoms with Crippen LogP contribution in [0.1, 0.15) is 88.7 Å². The summed E-state index contributed by atoms with van der Waals surface area (Å²) in [7, 11) is 0. The van der Waals surface area contributed by atoms with E-state index in [0.29, 0.717) is 0 Å². The Labute approximate surface area is 182 Å². The number of hydrogen-bond acceptors (Lipinski definition) is 1. The molecule has 3 aromatic rings. The van der Waals surface area contributed by atoms with Crippen LogP contribution in [0.25, 0.3) is 21.9 Å². The second-order valence-electron chi connectivity index (χ2n) is 10.5. The lowest BCUT2D eigenvalue weighted by atomic mass is 9.63. The van der Waals surface area contributed by atoms with Crippen molar-refractivity contribution >= 4 is 10.8 Å². The summed E-state index contributed by atoms with van der Waals surface area (Å²) in [4.78, 5) is 0. The zero-order valence-electron chi connectivity index (χ0n) is 19.5. The predicted molar refractivity (Wildman–Crippen MR) is 129 cm³/mol. The molecule has 4 rings (SSSR count). The molecule has 0 aliphatic heterocycles. The number of rotatable bonds is 4. The summed E-state index contributed by atoms with van der Waals surface area (Å²) in [5.41, 5.74) is 8.32. The van der Waals surface area contributed by atoms with Crippen LogP contribution >= 0.6 is 0 Å². The third-order valence-electron chi connectivity index (χ3n) is 7.44. The van der Waals surface area contributed by atoms with Crippen LogP contribution in [0.5, 0.6) is 0 Å². The first-order chi connectivity index (χ1) is 14.1. The van der Waals surface area contributed by atoms with E-state index in [4.69, 9.17) is 0 Å². The lowest BCUT2D eigenvalue weighted by molar-refractivity contribution is 0.166. The number of aliphatic hydroxyl groups excluding tert-OH is 1. The van der Waals surface area contributed by atoms with Gasteiger partial charge < -0.3 is 5.11 Å². The maximum absolute atomic E-state index is 10.5. The lowest BCUT2D eigenvalue weighted by Gasteiger charge is -2.42. The Morgan fingerprint density at radius 1 is 0.833 bits per heavy atom. The molecule has 0 radical (unpaired) electrons. The van der Waals surface area contributed by atoms with Crippen molar-refractivity contribution in [2.45, 2.75) is 84.2 Å². The quantitative estimate of drug-likeness (QED) is 0.470. The highest BCUT2D eigenvalue weighted by Crippen LogP contribution is 2.47. The Hall–Kier alpha value is -2.12. The molecule has 0 bridgehead atoms. The van der Waals surface area contributed by atoms with E-state index in [9.17, 15) is 5.11 Å². The topological polar surface area (TPSA) is 20.2 Å². The lowest BCUT2D eigenvalue weighted by Crippen LogP contribution is -2.33. The zero-order chi connectivity index (χ0) is 21.7. The average Bonchev–Trinajstić information content (AvgIpc) is 2.71. The van der Waals surface area contributed by atoms with E-state index in [2.05, 4.69) is 90.1 Å². The number of aliphatic hydroxyl groups is 1. The summed E-state index contributed by atoms with van der Waals surface area (Å²) < 4.78 is 0. The molecule has 0 amide bonds. The number of benzene rings is 3. The highest BCUT2D eigenvalue weighted by Gasteiger charge is 2.36. The summed E-state index contributed by atoms with van der Waals surface area (Å²) in [5.74, 6) is 0. The predicted octanol–water partition coefficient (Wildman–Crippen LogP) is 8.00. The van der Waals surface area contributed by atoms with E-state index in [1.807, 2.05) is 0 Å². The molecular formula is C29H36O. The number of hydrogen-bond donors (Lipinski definition) is 1. The molecular weight excluding hydrogens is 364 g/mol. The third-order valence-corrected chi connectivity index (χ3v) is 7.44. The van der Waals surface area contributed by atoms with Crippen LogP contribution in [-0.2, 0) is 10.8 Å². The molecule has 0 heterocycles. The minimum atomic E-state index is -0.370. The molecule has 3 aromatic carbocycles. The molecule has 1 aliphatic carbocycles. The van der Waals surface area contributed by atoms with E-state index in [0.717, 1.165) is 18.4 Å². The van der Waals surface area contributed by atoms with Crippen molar-refractivity contribution in [2.75, 3.05) is 0 Å². The van der Waals surface area contributed by atoms with Crippen LogP contribution in [0.15, 0.2) is 48.5 Å². The second-order valence-corrected chi connectivity index (χ2v) is 10.5. The van der Waals surface area contributed by atoms with Crippen LogP contribution in [0.4, 0.5) is 0 Å². The Kier molecular flexibility index (Phi) is 5.31. The van der Waals surface area contributed by atoms with Crippen LogP contribution in [0.3, 0.4) is 0 Å². The maximum atomic E-state index is 10.5. The molecule has 158 valence electrons. The summed E-state index contributed by atoms with van der Waals surface area (Å²) >= 11 is 0. The minimum absolute atomic E-state index is 0.221. The normalized spacial score (nSPS) is 18.2. The van der Waals surface area contributed by atoms with Crippen molar-refractivity contribution in [1.29, 1.82) is 0 Å². The van der Waals surface area contributed by atoms with Gasteiger partial charge in [0.1, 0.15) is 0 Å². The van der Waals surface area contributed by atoms with Crippen LogP contribution in [0.2, 0.25) is 0 Å². The summed E-state index contributed by atoms with van der Waals surface area (Å²) in [5, 5.41) is 13.0. The van der Waals surface area contributed by atoms with Crippen molar-refractivity contribution in [2.24, 2.45) is 0 Å². The Balaban J connectivity index is 1.78. The monoisotopic (exact) mass is 400 g/mol. The van der Waals surface area contributed by atoms with Crippen LogP contribution in [-0.4, -0.2) is 5.11 Å². The molecule has 0 fully saturated rings. The Morgan fingerprint density at radius 2 is 1.47 bits per heavy atom. The van der Waals surface area contributed by atoms with E-state index in [1.165, 1.54) is 51.4 Å². The molecule has 30 heavy (non-hydrogen) atoms. The molecule has 0 saturated carbocycles. The van der Waals surface area contributed by atoms with E-state index in [1.54, 1.807) is 0 Å². The van der Waals surface area contributed by atoms with Gasteiger partial charge in [0.25, 0.3) is 0 Å². The average molecular weight is 401 g/mol. The minimum Gasteiger partial charge on any atom is -0.388 e. The fourth-order valence-electron chi connectivity index (χ4n) is 5.24. The Bertz CT molecular complexity index is 1090. The molecule has 0 spiro atoms. The van der Waals surface area contributed by atoms with E-state index < -0.39 is 0 Å². The molecule has 1 atom stereocenters. The van der Waals surface area contributed by atoms with Crippen molar-refractivity contribution in [3.8, 4) is 11.1 Å². The second kappa shape index (κ2) is 7.54. The van der Waals surface area contributed by atoms with Gasteiger partial charge >= 0.3 is 0 Å².